The lowest BCUT2D eigenvalue weighted by Gasteiger charge is -2.31. The Balaban J connectivity index is 1.37. The van der Waals surface area contributed by atoms with Gasteiger partial charge < -0.3 is 25.9 Å². The van der Waals surface area contributed by atoms with Crippen LogP contribution >= 0.6 is 0 Å². The highest BCUT2D eigenvalue weighted by Gasteiger charge is 2.19. The SMILES string of the molecule is CN(CCCc1ccc2[nH]c(-c3c(N)c4c(F)cccc4[nH]c3=O)nc2c1)C1CCNCC1. The number of aromatic nitrogens is 3. The molecule has 2 aromatic carbocycles. The minimum atomic E-state index is -0.477. The molecule has 172 valence electrons. The van der Waals surface area contributed by atoms with E-state index in [9.17, 15) is 9.18 Å². The van der Waals surface area contributed by atoms with Crippen molar-refractivity contribution in [1.29, 1.82) is 0 Å². The second kappa shape index (κ2) is 8.96. The number of pyridine rings is 1. The lowest BCUT2D eigenvalue weighted by Crippen LogP contribution is -2.41. The Morgan fingerprint density at radius 2 is 1.97 bits per heavy atom. The van der Waals surface area contributed by atoms with Crippen molar-refractivity contribution in [3.63, 3.8) is 0 Å². The minimum absolute atomic E-state index is 0.0899. The van der Waals surface area contributed by atoms with Crippen molar-refractivity contribution in [2.75, 3.05) is 32.4 Å². The van der Waals surface area contributed by atoms with Crippen LogP contribution in [-0.2, 0) is 6.42 Å². The summed E-state index contributed by atoms with van der Waals surface area (Å²) >= 11 is 0. The first-order valence-electron chi connectivity index (χ1n) is 11.5. The van der Waals surface area contributed by atoms with Gasteiger partial charge >= 0.3 is 0 Å². The fourth-order valence-electron chi connectivity index (χ4n) is 4.86. The number of imidazole rings is 1. The fraction of sp³-hybridized carbons (Fsp3) is 0.360. The number of hydrogen-bond donors (Lipinski definition) is 4. The fourth-order valence-corrected chi connectivity index (χ4v) is 4.86. The zero-order valence-corrected chi connectivity index (χ0v) is 18.7. The molecule has 0 amide bonds. The molecule has 0 atom stereocenters. The molecular formula is C25H29FN6O. The number of nitrogens with one attached hydrogen (secondary N) is 3. The van der Waals surface area contributed by atoms with Crippen LogP contribution in [0.2, 0.25) is 0 Å². The Morgan fingerprint density at radius 1 is 1.15 bits per heavy atom. The summed E-state index contributed by atoms with van der Waals surface area (Å²) in [4.78, 5) is 25.7. The predicted octanol–water partition coefficient (Wildman–Crippen LogP) is 3.41. The Labute approximate surface area is 191 Å². The van der Waals surface area contributed by atoms with Crippen LogP contribution in [0.3, 0.4) is 0 Å². The number of piperidine rings is 1. The summed E-state index contributed by atoms with van der Waals surface area (Å²) < 4.78 is 14.4. The lowest BCUT2D eigenvalue weighted by atomic mass is 10.0. The minimum Gasteiger partial charge on any atom is -0.397 e. The molecule has 0 radical (unpaired) electrons. The van der Waals surface area contributed by atoms with Gasteiger partial charge in [-0.3, -0.25) is 4.79 Å². The molecular weight excluding hydrogens is 419 g/mol. The van der Waals surface area contributed by atoms with E-state index in [0.717, 1.165) is 43.5 Å². The molecule has 0 unspecified atom stereocenters. The van der Waals surface area contributed by atoms with E-state index in [1.165, 1.54) is 24.5 Å². The number of aromatic amines is 2. The van der Waals surface area contributed by atoms with Crippen LogP contribution in [0.15, 0.2) is 41.2 Å². The number of nitrogens with zero attached hydrogens (tertiary/aromatic N) is 2. The third-order valence-corrected chi connectivity index (χ3v) is 6.72. The van der Waals surface area contributed by atoms with Crippen LogP contribution in [-0.4, -0.2) is 52.6 Å². The summed E-state index contributed by atoms with van der Waals surface area (Å²) in [7, 11) is 2.22. The smallest absolute Gasteiger partial charge is 0.261 e. The predicted molar refractivity (Wildman–Crippen MR) is 131 cm³/mol. The van der Waals surface area contributed by atoms with Crippen molar-refractivity contribution < 1.29 is 4.39 Å². The number of nitrogens with two attached hydrogens (primary N) is 1. The lowest BCUT2D eigenvalue weighted by molar-refractivity contribution is 0.197. The van der Waals surface area contributed by atoms with Crippen LogP contribution in [0.1, 0.15) is 24.8 Å². The number of rotatable bonds is 6. The van der Waals surface area contributed by atoms with E-state index in [2.05, 4.69) is 38.3 Å². The van der Waals surface area contributed by atoms with Gasteiger partial charge in [-0.2, -0.15) is 0 Å². The maximum atomic E-state index is 14.4. The number of H-pyrrole nitrogens is 2. The molecule has 1 saturated heterocycles. The highest BCUT2D eigenvalue weighted by Crippen LogP contribution is 2.30. The van der Waals surface area contributed by atoms with Gasteiger partial charge in [-0.25, -0.2) is 9.37 Å². The van der Waals surface area contributed by atoms with Gasteiger partial charge in [0.15, 0.2) is 0 Å². The largest absolute Gasteiger partial charge is 0.397 e. The van der Waals surface area contributed by atoms with E-state index < -0.39 is 11.4 Å². The van der Waals surface area contributed by atoms with E-state index in [-0.39, 0.29) is 16.6 Å². The molecule has 1 aliphatic rings. The van der Waals surface area contributed by atoms with E-state index in [4.69, 9.17) is 5.73 Å². The summed E-state index contributed by atoms with van der Waals surface area (Å²) in [5.41, 5.74) is 9.23. The second-order valence-corrected chi connectivity index (χ2v) is 8.91. The zero-order chi connectivity index (χ0) is 22.9. The van der Waals surface area contributed by atoms with E-state index in [0.29, 0.717) is 17.4 Å². The summed E-state index contributed by atoms with van der Waals surface area (Å²) in [5.74, 6) is -0.132. The summed E-state index contributed by atoms with van der Waals surface area (Å²) in [6.07, 6.45) is 4.44. The highest BCUT2D eigenvalue weighted by atomic mass is 19.1. The Bertz CT molecular complexity index is 1350. The molecule has 33 heavy (non-hydrogen) atoms. The van der Waals surface area contributed by atoms with Gasteiger partial charge in [-0.1, -0.05) is 12.1 Å². The van der Waals surface area contributed by atoms with Crippen LogP contribution in [0.5, 0.6) is 0 Å². The van der Waals surface area contributed by atoms with Gasteiger partial charge in [-0.05, 0) is 82.2 Å². The van der Waals surface area contributed by atoms with Crippen molar-refractivity contribution in [2.45, 2.75) is 31.7 Å². The maximum absolute atomic E-state index is 14.4. The quantitative estimate of drug-likeness (QED) is 0.362. The number of halogens is 1. The van der Waals surface area contributed by atoms with Gasteiger partial charge in [0.1, 0.15) is 17.2 Å². The first-order chi connectivity index (χ1) is 16.0. The first kappa shape index (κ1) is 21.6. The molecule has 4 aromatic rings. The molecule has 0 aliphatic carbocycles. The van der Waals surface area contributed by atoms with Gasteiger partial charge in [0, 0.05) is 6.04 Å². The number of nitrogen functional groups attached to an aromatic ring is 1. The Hall–Kier alpha value is -3.23. The summed E-state index contributed by atoms with van der Waals surface area (Å²) in [5, 5.41) is 3.62. The molecule has 2 aromatic heterocycles. The van der Waals surface area contributed by atoms with E-state index in [1.54, 1.807) is 12.1 Å². The summed E-state index contributed by atoms with van der Waals surface area (Å²) in [6, 6.07) is 11.3. The van der Waals surface area contributed by atoms with Crippen LogP contribution < -0.4 is 16.6 Å². The topological polar surface area (TPSA) is 103 Å². The maximum Gasteiger partial charge on any atom is 0.261 e. The van der Waals surface area contributed by atoms with Gasteiger partial charge in [-0.15, -0.1) is 0 Å². The number of fused-ring (bicyclic) bond motifs is 2. The molecule has 5 N–H and O–H groups in total. The average molecular weight is 449 g/mol. The van der Waals surface area contributed by atoms with Crippen molar-refractivity contribution in [3.8, 4) is 11.4 Å². The molecule has 8 heteroatoms. The van der Waals surface area contributed by atoms with Crippen molar-refractivity contribution >= 4 is 27.6 Å². The molecule has 0 bridgehead atoms. The van der Waals surface area contributed by atoms with Crippen molar-refractivity contribution in [2.24, 2.45) is 0 Å². The van der Waals surface area contributed by atoms with Crippen LogP contribution in [0.25, 0.3) is 33.3 Å². The Kier molecular flexibility index (Phi) is 5.86. The average Bonchev–Trinajstić information content (AvgIpc) is 3.22. The monoisotopic (exact) mass is 448 g/mol. The molecule has 3 heterocycles. The molecule has 0 spiro atoms. The first-order valence-corrected chi connectivity index (χ1v) is 11.5. The van der Waals surface area contributed by atoms with Gasteiger partial charge in [0.05, 0.1) is 27.6 Å². The van der Waals surface area contributed by atoms with E-state index in [1.807, 2.05) is 12.1 Å². The van der Waals surface area contributed by atoms with Crippen LogP contribution in [0, 0.1) is 5.82 Å². The van der Waals surface area contributed by atoms with Gasteiger partial charge in [0.25, 0.3) is 5.56 Å². The highest BCUT2D eigenvalue weighted by molar-refractivity contribution is 5.98. The number of anilines is 1. The number of hydrogen-bond acceptors (Lipinski definition) is 5. The molecule has 7 nitrogen and oxygen atoms in total. The third kappa shape index (κ3) is 4.24. The van der Waals surface area contributed by atoms with Crippen LogP contribution in [0.4, 0.5) is 10.1 Å². The molecule has 1 aliphatic heterocycles. The second-order valence-electron chi connectivity index (χ2n) is 8.91. The zero-order valence-electron chi connectivity index (χ0n) is 18.7. The van der Waals surface area contributed by atoms with Crippen molar-refractivity contribution in [3.05, 3.63) is 58.1 Å². The summed E-state index contributed by atoms with van der Waals surface area (Å²) in [6.45, 7) is 3.26. The molecule has 0 saturated carbocycles. The number of benzene rings is 2. The van der Waals surface area contributed by atoms with E-state index >= 15 is 0 Å². The standard InChI is InChI=1S/C25H29FN6O/c1-32(16-9-11-28-12-10-16)13-3-4-15-7-8-18-20(14-15)30-24(29-18)22-23(27)21-17(26)5-2-6-19(21)31-25(22)33/h2,5-8,14,16,28H,3-4,9-13H2,1H3,(H,29,30)(H3,27,31,33). The van der Waals surface area contributed by atoms with Gasteiger partial charge in [0.2, 0.25) is 0 Å². The normalized spacial score (nSPS) is 15.1. The molecule has 1 fully saturated rings. The van der Waals surface area contributed by atoms with Crippen molar-refractivity contribution in [1.82, 2.24) is 25.2 Å². The third-order valence-electron chi connectivity index (χ3n) is 6.72. The molecule has 5 rings (SSSR count). The number of aryl methyl sites for hydroxylation is 1. The Morgan fingerprint density at radius 3 is 2.79 bits per heavy atom.